The number of rotatable bonds is 6. The van der Waals surface area contributed by atoms with Crippen LogP contribution in [-0.4, -0.2) is 54.5 Å². The Morgan fingerprint density at radius 3 is 2.40 bits per heavy atom. The van der Waals surface area contributed by atoms with Crippen molar-refractivity contribution in [2.75, 3.05) is 25.5 Å². The molecule has 1 aliphatic rings. The van der Waals surface area contributed by atoms with Gasteiger partial charge >= 0.3 is 0 Å². The molecule has 162 valence electrons. The highest BCUT2D eigenvalue weighted by molar-refractivity contribution is 7.89. The molecule has 0 unspecified atom stereocenters. The van der Waals surface area contributed by atoms with Crippen LogP contribution in [0.1, 0.15) is 30.3 Å². The largest absolute Gasteiger partial charge is 0.354 e. The monoisotopic (exact) mass is 453 g/mol. The molecule has 0 aliphatic carbocycles. The molecule has 11 heteroatoms. The van der Waals surface area contributed by atoms with E-state index >= 15 is 0 Å². The molecule has 1 fully saturated rings. The fraction of sp³-hybridized carbons (Fsp3) is 0.421. The second-order valence-corrected chi connectivity index (χ2v) is 9.32. The lowest BCUT2D eigenvalue weighted by molar-refractivity contribution is -0.120. The Hall–Kier alpha value is -2.43. The molecule has 1 saturated heterocycles. The van der Waals surface area contributed by atoms with Gasteiger partial charge in [-0.2, -0.15) is 9.40 Å². The predicted molar refractivity (Wildman–Crippen MR) is 113 cm³/mol. The second kappa shape index (κ2) is 9.15. The molecule has 2 N–H and O–H groups in total. The molecular weight excluding hydrogens is 430 g/mol. The molecule has 1 aromatic carbocycles. The van der Waals surface area contributed by atoms with Crippen molar-refractivity contribution in [3.05, 3.63) is 41.2 Å². The topological polar surface area (TPSA) is 113 Å². The van der Waals surface area contributed by atoms with Gasteiger partial charge in [0.1, 0.15) is 0 Å². The third-order valence-electron chi connectivity index (χ3n) is 5.06. The summed E-state index contributed by atoms with van der Waals surface area (Å²) in [5.41, 5.74) is 0.493. The first kappa shape index (κ1) is 22.3. The van der Waals surface area contributed by atoms with E-state index in [-0.39, 0.29) is 41.4 Å². The highest BCUT2D eigenvalue weighted by Gasteiger charge is 2.32. The number of amides is 2. The minimum atomic E-state index is -3.63. The summed E-state index contributed by atoms with van der Waals surface area (Å²) in [6, 6.07) is 6.02. The van der Waals surface area contributed by atoms with Crippen molar-refractivity contribution in [2.24, 2.45) is 5.92 Å². The SMILES string of the molecule is CCn1cc(NC(=O)C2CCN(S(=O)(=O)c3ccc(Cl)cc3)CC2)c(C(=O)NC)n1. The van der Waals surface area contributed by atoms with Gasteiger partial charge in [0.05, 0.1) is 10.6 Å². The molecule has 2 amide bonds. The molecule has 9 nitrogen and oxygen atoms in total. The van der Waals surface area contributed by atoms with Gasteiger partial charge in [-0.25, -0.2) is 8.42 Å². The molecular formula is C19H24ClN5O4S. The molecule has 0 bridgehead atoms. The van der Waals surface area contributed by atoms with Crippen molar-refractivity contribution in [2.45, 2.75) is 31.2 Å². The highest BCUT2D eigenvalue weighted by Crippen LogP contribution is 2.26. The van der Waals surface area contributed by atoms with E-state index in [1.807, 2.05) is 6.92 Å². The summed E-state index contributed by atoms with van der Waals surface area (Å²) in [4.78, 5) is 24.9. The summed E-state index contributed by atoms with van der Waals surface area (Å²) < 4.78 is 28.5. The minimum absolute atomic E-state index is 0.149. The maximum absolute atomic E-state index is 12.8. The summed E-state index contributed by atoms with van der Waals surface area (Å²) in [6.45, 7) is 2.91. The normalized spacial score (nSPS) is 15.7. The van der Waals surface area contributed by atoms with Gasteiger partial charge in [-0.1, -0.05) is 11.6 Å². The van der Waals surface area contributed by atoms with Crippen LogP contribution in [-0.2, 0) is 21.4 Å². The van der Waals surface area contributed by atoms with Gasteiger partial charge in [-0.15, -0.1) is 0 Å². The van der Waals surface area contributed by atoms with Crippen LogP contribution in [0.5, 0.6) is 0 Å². The quantitative estimate of drug-likeness (QED) is 0.694. The lowest BCUT2D eigenvalue weighted by Gasteiger charge is -2.30. The maximum Gasteiger partial charge on any atom is 0.273 e. The van der Waals surface area contributed by atoms with E-state index in [9.17, 15) is 18.0 Å². The van der Waals surface area contributed by atoms with Crippen LogP contribution in [0, 0.1) is 5.92 Å². The van der Waals surface area contributed by atoms with Crippen molar-refractivity contribution in [1.29, 1.82) is 0 Å². The molecule has 0 saturated carbocycles. The Bertz CT molecular complexity index is 1030. The number of halogens is 1. The molecule has 0 atom stereocenters. The standard InChI is InChI=1S/C19H24ClN5O4S/c1-3-24-12-16(17(23-24)19(27)21-2)22-18(26)13-8-10-25(11-9-13)30(28,29)15-6-4-14(20)5-7-15/h4-7,12-13H,3,8-11H2,1-2H3,(H,21,27)(H,22,26). The van der Waals surface area contributed by atoms with Crippen molar-refractivity contribution < 1.29 is 18.0 Å². The van der Waals surface area contributed by atoms with Gasteiger partial charge in [0.2, 0.25) is 15.9 Å². The van der Waals surface area contributed by atoms with Gasteiger partial charge in [0.15, 0.2) is 5.69 Å². The van der Waals surface area contributed by atoms with E-state index in [2.05, 4.69) is 15.7 Å². The number of aromatic nitrogens is 2. The Labute approximate surface area is 180 Å². The number of nitrogens with one attached hydrogen (secondary N) is 2. The van der Waals surface area contributed by atoms with Crippen LogP contribution in [0.15, 0.2) is 35.4 Å². The highest BCUT2D eigenvalue weighted by atomic mass is 35.5. The lowest BCUT2D eigenvalue weighted by atomic mass is 9.97. The molecule has 2 heterocycles. The molecule has 0 radical (unpaired) electrons. The summed E-state index contributed by atoms with van der Waals surface area (Å²) >= 11 is 5.83. The van der Waals surface area contributed by atoms with Crippen LogP contribution in [0.25, 0.3) is 0 Å². The van der Waals surface area contributed by atoms with Crippen molar-refractivity contribution in [3.8, 4) is 0 Å². The molecule has 3 rings (SSSR count). The number of sulfonamides is 1. The van der Waals surface area contributed by atoms with E-state index in [0.717, 1.165) is 0 Å². The molecule has 1 aliphatic heterocycles. The van der Waals surface area contributed by atoms with E-state index in [0.29, 0.717) is 30.1 Å². The van der Waals surface area contributed by atoms with Gasteiger partial charge in [-0.3, -0.25) is 14.3 Å². The number of benzene rings is 1. The summed E-state index contributed by atoms with van der Waals surface area (Å²) in [6.07, 6.45) is 2.38. The Kier molecular flexibility index (Phi) is 6.79. The zero-order chi connectivity index (χ0) is 21.9. The number of hydrogen-bond acceptors (Lipinski definition) is 5. The van der Waals surface area contributed by atoms with E-state index in [1.165, 1.54) is 35.6 Å². The van der Waals surface area contributed by atoms with E-state index < -0.39 is 10.0 Å². The minimum Gasteiger partial charge on any atom is -0.354 e. The molecule has 0 spiro atoms. The number of anilines is 1. The summed E-state index contributed by atoms with van der Waals surface area (Å²) in [7, 11) is -2.14. The van der Waals surface area contributed by atoms with E-state index in [4.69, 9.17) is 11.6 Å². The predicted octanol–water partition coefficient (Wildman–Crippen LogP) is 1.96. The number of carbonyl (C=O) groups is 2. The fourth-order valence-electron chi connectivity index (χ4n) is 3.31. The van der Waals surface area contributed by atoms with E-state index in [1.54, 1.807) is 10.9 Å². The Morgan fingerprint density at radius 1 is 1.20 bits per heavy atom. The number of hydrogen-bond donors (Lipinski definition) is 2. The van der Waals surface area contributed by atoms with Crippen molar-refractivity contribution >= 4 is 39.1 Å². The van der Waals surface area contributed by atoms with Crippen molar-refractivity contribution in [3.63, 3.8) is 0 Å². The summed E-state index contributed by atoms with van der Waals surface area (Å²) in [5, 5.41) is 9.92. The number of nitrogens with zero attached hydrogens (tertiary/aromatic N) is 3. The third kappa shape index (κ3) is 4.66. The zero-order valence-electron chi connectivity index (χ0n) is 16.8. The van der Waals surface area contributed by atoms with Crippen LogP contribution in [0.4, 0.5) is 5.69 Å². The molecule has 30 heavy (non-hydrogen) atoms. The second-order valence-electron chi connectivity index (χ2n) is 6.95. The zero-order valence-corrected chi connectivity index (χ0v) is 18.3. The molecule has 2 aromatic rings. The Morgan fingerprint density at radius 2 is 1.83 bits per heavy atom. The fourth-order valence-corrected chi connectivity index (χ4v) is 4.91. The lowest BCUT2D eigenvalue weighted by Crippen LogP contribution is -2.41. The van der Waals surface area contributed by atoms with Gasteiger partial charge in [-0.05, 0) is 44.0 Å². The van der Waals surface area contributed by atoms with Gasteiger partial charge < -0.3 is 10.6 Å². The first-order valence-corrected chi connectivity index (χ1v) is 11.4. The van der Waals surface area contributed by atoms with Crippen LogP contribution in [0.3, 0.4) is 0 Å². The maximum atomic E-state index is 12.8. The number of piperidine rings is 1. The van der Waals surface area contributed by atoms with Crippen LogP contribution in [0.2, 0.25) is 5.02 Å². The number of aryl methyl sites for hydroxylation is 1. The van der Waals surface area contributed by atoms with Crippen molar-refractivity contribution in [1.82, 2.24) is 19.4 Å². The van der Waals surface area contributed by atoms with Gasteiger partial charge in [0, 0.05) is 43.8 Å². The van der Waals surface area contributed by atoms with Crippen LogP contribution >= 0.6 is 11.6 Å². The van der Waals surface area contributed by atoms with Crippen LogP contribution < -0.4 is 10.6 Å². The first-order valence-electron chi connectivity index (χ1n) is 9.62. The number of carbonyl (C=O) groups excluding carboxylic acids is 2. The average molecular weight is 454 g/mol. The Balaban J connectivity index is 1.65. The average Bonchev–Trinajstić information content (AvgIpc) is 3.16. The third-order valence-corrected chi connectivity index (χ3v) is 7.23. The van der Waals surface area contributed by atoms with Gasteiger partial charge in [0.25, 0.3) is 5.91 Å². The summed E-state index contributed by atoms with van der Waals surface area (Å²) in [5.74, 6) is -0.995. The first-order chi connectivity index (χ1) is 14.3. The molecule has 1 aromatic heterocycles. The smallest absolute Gasteiger partial charge is 0.273 e.